The summed E-state index contributed by atoms with van der Waals surface area (Å²) in [6.45, 7) is 3.85. The first-order chi connectivity index (χ1) is 13.8. The highest BCUT2D eigenvalue weighted by atomic mass is 16.1. The van der Waals surface area contributed by atoms with Crippen LogP contribution in [0.25, 0.3) is 22.2 Å². The van der Waals surface area contributed by atoms with E-state index in [-0.39, 0.29) is 5.91 Å². The molecule has 0 radical (unpaired) electrons. The summed E-state index contributed by atoms with van der Waals surface area (Å²) in [5, 5.41) is 3.99. The normalized spacial score (nSPS) is 15.3. The fourth-order valence-electron chi connectivity index (χ4n) is 3.81. The number of para-hydroxylation sites is 1. The summed E-state index contributed by atoms with van der Waals surface area (Å²) in [4.78, 5) is 24.3. The number of nitrogens with zero attached hydrogens (tertiary/aromatic N) is 3. The van der Waals surface area contributed by atoms with Gasteiger partial charge in [0.25, 0.3) is 5.91 Å². The number of rotatable bonds is 5. The van der Waals surface area contributed by atoms with Crippen molar-refractivity contribution in [2.75, 3.05) is 26.2 Å². The SMILES string of the molecule is O=C(NCCN1CCCCCC1)c1cc(-c2cccnc2)nc2ccccc12. The first kappa shape index (κ1) is 18.6. The van der Waals surface area contributed by atoms with Crippen LogP contribution in [-0.4, -0.2) is 47.0 Å². The van der Waals surface area contributed by atoms with Crippen LogP contribution >= 0.6 is 0 Å². The van der Waals surface area contributed by atoms with Crippen molar-refractivity contribution < 1.29 is 4.79 Å². The maximum Gasteiger partial charge on any atom is 0.252 e. The van der Waals surface area contributed by atoms with Crippen LogP contribution < -0.4 is 5.32 Å². The molecule has 1 aliphatic rings. The van der Waals surface area contributed by atoms with Gasteiger partial charge in [-0.05, 0) is 50.2 Å². The fraction of sp³-hybridized carbons (Fsp3) is 0.348. The van der Waals surface area contributed by atoms with Crippen molar-refractivity contribution in [3.05, 3.63) is 60.4 Å². The summed E-state index contributed by atoms with van der Waals surface area (Å²) in [7, 11) is 0. The van der Waals surface area contributed by atoms with Crippen LogP contribution in [0, 0.1) is 0 Å². The van der Waals surface area contributed by atoms with Crippen molar-refractivity contribution in [3.63, 3.8) is 0 Å². The van der Waals surface area contributed by atoms with Gasteiger partial charge in [-0.3, -0.25) is 9.78 Å². The quantitative estimate of drug-likeness (QED) is 0.736. The van der Waals surface area contributed by atoms with E-state index in [9.17, 15) is 4.79 Å². The Bertz CT molecular complexity index is 934. The highest BCUT2D eigenvalue weighted by Crippen LogP contribution is 2.24. The average molecular weight is 374 g/mol. The van der Waals surface area contributed by atoms with Crippen LogP contribution in [0.1, 0.15) is 36.0 Å². The number of carbonyl (C=O) groups excluding carboxylic acids is 1. The summed E-state index contributed by atoms with van der Waals surface area (Å²) >= 11 is 0. The monoisotopic (exact) mass is 374 g/mol. The number of likely N-dealkylation sites (tertiary alicyclic amines) is 1. The minimum absolute atomic E-state index is 0.0430. The molecular weight excluding hydrogens is 348 g/mol. The molecule has 5 nitrogen and oxygen atoms in total. The second kappa shape index (κ2) is 8.93. The van der Waals surface area contributed by atoms with Gasteiger partial charge in [0.15, 0.2) is 0 Å². The Morgan fingerprint density at radius 1 is 1.04 bits per heavy atom. The van der Waals surface area contributed by atoms with Crippen LogP contribution in [0.15, 0.2) is 54.9 Å². The maximum absolute atomic E-state index is 13.0. The summed E-state index contributed by atoms with van der Waals surface area (Å²) in [6, 6.07) is 13.5. The Kier molecular flexibility index (Phi) is 5.92. The molecule has 5 heteroatoms. The summed E-state index contributed by atoms with van der Waals surface area (Å²) in [5.74, 6) is -0.0430. The highest BCUT2D eigenvalue weighted by molar-refractivity contribution is 6.07. The zero-order valence-corrected chi connectivity index (χ0v) is 16.1. The van der Waals surface area contributed by atoms with Crippen LogP contribution in [0.5, 0.6) is 0 Å². The van der Waals surface area contributed by atoms with Crippen LogP contribution in [0.2, 0.25) is 0 Å². The number of nitrogens with one attached hydrogen (secondary N) is 1. The number of pyridine rings is 2. The first-order valence-electron chi connectivity index (χ1n) is 10.1. The Balaban J connectivity index is 1.53. The zero-order chi connectivity index (χ0) is 19.2. The molecule has 28 heavy (non-hydrogen) atoms. The van der Waals surface area contributed by atoms with Crippen LogP contribution in [0.4, 0.5) is 0 Å². The number of hydrogen-bond donors (Lipinski definition) is 1. The van der Waals surface area contributed by atoms with Crippen LogP contribution in [0.3, 0.4) is 0 Å². The zero-order valence-electron chi connectivity index (χ0n) is 16.1. The van der Waals surface area contributed by atoms with E-state index in [4.69, 9.17) is 4.98 Å². The van der Waals surface area contributed by atoms with Gasteiger partial charge >= 0.3 is 0 Å². The van der Waals surface area contributed by atoms with Crippen LogP contribution in [-0.2, 0) is 0 Å². The van der Waals surface area contributed by atoms with E-state index < -0.39 is 0 Å². The van der Waals surface area contributed by atoms with Gasteiger partial charge in [-0.25, -0.2) is 4.98 Å². The smallest absolute Gasteiger partial charge is 0.252 e. The molecule has 4 rings (SSSR count). The number of carbonyl (C=O) groups is 1. The van der Waals surface area contributed by atoms with Gasteiger partial charge in [-0.2, -0.15) is 0 Å². The predicted molar refractivity (Wildman–Crippen MR) is 112 cm³/mol. The Morgan fingerprint density at radius 3 is 2.64 bits per heavy atom. The molecule has 1 aromatic carbocycles. The van der Waals surface area contributed by atoms with Gasteiger partial charge in [0.05, 0.1) is 16.8 Å². The molecule has 0 spiro atoms. The lowest BCUT2D eigenvalue weighted by molar-refractivity contribution is 0.0950. The number of aromatic nitrogens is 2. The van der Waals surface area contributed by atoms with E-state index in [0.717, 1.165) is 41.8 Å². The van der Waals surface area contributed by atoms with Gasteiger partial charge in [0.2, 0.25) is 0 Å². The number of benzene rings is 1. The first-order valence-corrected chi connectivity index (χ1v) is 10.1. The van der Waals surface area contributed by atoms with Crippen molar-refractivity contribution in [1.29, 1.82) is 0 Å². The molecule has 144 valence electrons. The molecule has 1 amide bonds. The van der Waals surface area contributed by atoms with E-state index in [1.54, 1.807) is 12.4 Å². The number of amides is 1. The third kappa shape index (κ3) is 4.37. The third-order valence-electron chi connectivity index (χ3n) is 5.33. The van der Waals surface area contributed by atoms with Crippen molar-refractivity contribution >= 4 is 16.8 Å². The van der Waals surface area contributed by atoms with E-state index in [2.05, 4.69) is 15.2 Å². The standard InChI is InChI=1S/C23H26N4O/c28-23(25-12-15-27-13-5-1-2-6-14-27)20-16-22(18-8-7-11-24-17-18)26-21-10-4-3-9-19(20)21/h3-4,7-11,16-17H,1-2,5-6,12-15H2,(H,25,28). The minimum atomic E-state index is -0.0430. The molecule has 1 aliphatic heterocycles. The Hall–Kier alpha value is -2.79. The summed E-state index contributed by atoms with van der Waals surface area (Å²) in [6.07, 6.45) is 8.68. The van der Waals surface area contributed by atoms with Gasteiger partial charge < -0.3 is 10.2 Å². The number of fused-ring (bicyclic) bond motifs is 1. The topological polar surface area (TPSA) is 58.1 Å². The minimum Gasteiger partial charge on any atom is -0.351 e. The predicted octanol–water partition coefficient (Wildman–Crippen LogP) is 3.90. The van der Waals surface area contributed by atoms with Gasteiger partial charge in [0.1, 0.15) is 0 Å². The lowest BCUT2D eigenvalue weighted by Crippen LogP contribution is -2.35. The molecule has 0 atom stereocenters. The maximum atomic E-state index is 13.0. The average Bonchev–Trinajstić information content (AvgIpc) is 3.02. The molecule has 0 bridgehead atoms. The molecule has 1 saturated heterocycles. The van der Waals surface area contributed by atoms with E-state index in [0.29, 0.717) is 12.1 Å². The molecule has 0 unspecified atom stereocenters. The summed E-state index contributed by atoms with van der Waals surface area (Å²) in [5.41, 5.74) is 3.16. The van der Waals surface area contributed by atoms with Crippen molar-refractivity contribution in [2.45, 2.75) is 25.7 Å². The highest BCUT2D eigenvalue weighted by Gasteiger charge is 2.15. The van der Waals surface area contributed by atoms with E-state index in [1.165, 1.54) is 25.7 Å². The Morgan fingerprint density at radius 2 is 1.86 bits per heavy atom. The molecule has 3 heterocycles. The van der Waals surface area contributed by atoms with Crippen molar-refractivity contribution in [2.24, 2.45) is 0 Å². The lowest BCUT2D eigenvalue weighted by atomic mass is 10.0. The molecule has 3 aromatic rings. The second-order valence-electron chi connectivity index (χ2n) is 7.33. The van der Waals surface area contributed by atoms with Crippen molar-refractivity contribution in [1.82, 2.24) is 20.2 Å². The van der Waals surface area contributed by atoms with Gasteiger partial charge in [-0.1, -0.05) is 31.0 Å². The fourth-order valence-corrected chi connectivity index (χ4v) is 3.81. The molecule has 0 saturated carbocycles. The van der Waals surface area contributed by atoms with Gasteiger partial charge in [0, 0.05) is 36.4 Å². The second-order valence-corrected chi connectivity index (χ2v) is 7.33. The molecule has 1 fully saturated rings. The molecule has 1 N–H and O–H groups in total. The Labute approximate surface area is 165 Å². The van der Waals surface area contributed by atoms with Crippen molar-refractivity contribution in [3.8, 4) is 11.3 Å². The summed E-state index contributed by atoms with van der Waals surface area (Å²) < 4.78 is 0. The third-order valence-corrected chi connectivity index (χ3v) is 5.33. The van der Waals surface area contributed by atoms with E-state index >= 15 is 0 Å². The van der Waals surface area contributed by atoms with E-state index in [1.807, 2.05) is 42.5 Å². The molecular formula is C23H26N4O. The molecule has 2 aromatic heterocycles. The number of hydrogen-bond acceptors (Lipinski definition) is 4. The van der Waals surface area contributed by atoms with Gasteiger partial charge in [-0.15, -0.1) is 0 Å². The largest absolute Gasteiger partial charge is 0.351 e. The lowest BCUT2D eigenvalue weighted by Gasteiger charge is -2.20. The molecule has 0 aliphatic carbocycles.